The summed E-state index contributed by atoms with van der Waals surface area (Å²) in [5.74, 6) is 1.88. The largest absolute Gasteiger partial charge is 0.291 e. The fourth-order valence-electron chi connectivity index (χ4n) is 3.08. The second kappa shape index (κ2) is 3.59. The van der Waals surface area contributed by atoms with Crippen LogP contribution in [0.25, 0.3) is 0 Å². The first-order valence-electron chi connectivity index (χ1n) is 5.29. The summed E-state index contributed by atoms with van der Waals surface area (Å²) in [6.45, 7) is 0. The number of hydrogen-bond acceptors (Lipinski definition) is 1. The lowest BCUT2D eigenvalue weighted by Crippen LogP contribution is -2.31. The van der Waals surface area contributed by atoms with Gasteiger partial charge in [0.25, 0.3) is 0 Å². The lowest BCUT2D eigenvalue weighted by molar-refractivity contribution is 0.137. The second-order valence-electron chi connectivity index (χ2n) is 4.36. The van der Waals surface area contributed by atoms with E-state index < -0.39 is 0 Å². The molecule has 0 aromatic heterocycles. The van der Waals surface area contributed by atoms with E-state index in [-0.39, 0.29) is 0 Å². The Kier molecular flexibility index (Phi) is 2.48. The van der Waals surface area contributed by atoms with Crippen LogP contribution in [0.2, 0.25) is 0 Å². The van der Waals surface area contributed by atoms with E-state index in [9.17, 15) is 4.79 Å². The smallest absolute Gasteiger partial charge is 0.202 e. The molecule has 0 heterocycles. The van der Waals surface area contributed by atoms with Gasteiger partial charge in [0.05, 0.1) is 0 Å². The summed E-state index contributed by atoms with van der Waals surface area (Å²) >= 11 is 0. The van der Waals surface area contributed by atoms with E-state index in [2.05, 4.69) is 6.29 Å². The minimum absolute atomic E-state index is 0.295. The highest BCUT2D eigenvalue weighted by molar-refractivity contribution is 5.55. The van der Waals surface area contributed by atoms with Crippen LogP contribution in [-0.2, 0) is 4.79 Å². The standard InChI is InChI=1S/C11H17O/c12-8-10-6-3-5-9-4-1-2-7-11(9)10/h9-11H,1-7H2. The van der Waals surface area contributed by atoms with Gasteiger partial charge in [-0.15, -0.1) is 0 Å². The van der Waals surface area contributed by atoms with Gasteiger partial charge in [-0.1, -0.05) is 32.1 Å². The molecule has 2 aliphatic carbocycles. The maximum absolute atomic E-state index is 10.7. The van der Waals surface area contributed by atoms with E-state index in [1.807, 2.05) is 0 Å². The van der Waals surface area contributed by atoms with Crippen molar-refractivity contribution < 1.29 is 4.79 Å². The summed E-state index contributed by atoms with van der Waals surface area (Å²) in [5, 5.41) is 0. The van der Waals surface area contributed by atoms with Gasteiger partial charge >= 0.3 is 0 Å². The van der Waals surface area contributed by atoms with Crippen LogP contribution in [0.5, 0.6) is 0 Å². The molecule has 0 bridgehead atoms. The lowest BCUT2D eigenvalue weighted by atomic mass is 9.66. The van der Waals surface area contributed by atoms with Crippen LogP contribution in [0.1, 0.15) is 44.9 Å². The summed E-state index contributed by atoms with van der Waals surface area (Å²) in [6, 6.07) is 0. The molecule has 0 spiro atoms. The summed E-state index contributed by atoms with van der Waals surface area (Å²) in [4.78, 5) is 10.7. The molecule has 0 N–H and O–H groups in total. The summed E-state index contributed by atoms with van der Waals surface area (Å²) in [6.07, 6.45) is 11.4. The van der Waals surface area contributed by atoms with Crippen LogP contribution in [0.3, 0.4) is 0 Å². The molecule has 1 radical (unpaired) electrons. The molecule has 3 unspecified atom stereocenters. The highest BCUT2D eigenvalue weighted by Gasteiger charge is 2.34. The predicted octanol–water partition coefficient (Wildman–Crippen LogP) is 2.70. The van der Waals surface area contributed by atoms with Gasteiger partial charge in [0.15, 0.2) is 0 Å². The third-order valence-corrected chi connectivity index (χ3v) is 3.73. The molecule has 2 aliphatic rings. The first kappa shape index (κ1) is 8.28. The second-order valence-corrected chi connectivity index (χ2v) is 4.36. The van der Waals surface area contributed by atoms with Crippen LogP contribution in [-0.4, -0.2) is 6.29 Å². The van der Waals surface area contributed by atoms with Crippen molar-refractivity contribution >= 4 is 6.29 Å². The fraction of sp³-hybridized carbons (Fsp3) is 0.909. The third kappa shape index (κ3) is 1.41. The molecule has 0 aromatic rings. The first-order valence-corrected chi connectivity index (χ1v) is 5.29. The number of hydrogen-bond donors (Lipinski definition) is 0. The van der Waals surface area contributed by atoms with Gasteiger partial charge in [0, 0.05) is 5.92 Å². The van der Waals surface area contributed by atoms with Crippen molar-refractivity contribution in [1.29, 1.82) is 0 Å². The first-order chi connectivity index (χ1) is 5.92. The zero-order chi connectivity index (χ0) is 8.39. The van der Waals surface area contributed by atoms with Crippen molar-refractivity contribution in [2.24, 2.45) is 17.8 Å². The van der Waals surface area contributed by atoms with E-state index in [0.717, 1.165) is 12.3 Å². The predicted molar refractivity (Wildman–Crippen MR) is 48.5 cm³/mol. The third-order valence-electron chi connectivity index (χ3n) is 3.73. The lowest BCUT2D eigenvalue weighted by Gasteiger charge is -2.38. The molecule has 0 aromatic carbocycles. The monoisotopic (exact) mass is 165 g/mol. The SMILES string of the molecule is O=[C]C1CCCC2CCCCC12. The van der Waals surface area contributed by atoms with E-state index in [1.165, 1.54) is 38.5 Å². The van der Waals surface area contributed by atoms with Gasteiger partial charge in [0.2, 0.25) is 6.29 Å². The van der Waals surface area contributed by atoms with Crippen molar-refractivity contribution in [3.05, 3.63) is 0 Å². The maximum Gasteiger partial charge on any atom is 0.202 e. The molecular formula is C11H17O. The van der Waals surface area contributed by atoms with Crippen LogP contribution >= 0.6 is 0 Å². The molecule has 2 saturated carbocycles. The Balaban J connectivity index is 2.03. The highest BCUT2D eigenvalue weighted by Crippen LogP contribution is 2.42. The van der Waals surface area contributed by atoms with E-state index in [4.69, 9.17) is 0 Å². The van der Waals surface area contributed by atoms with Gasteiger partial charge < -0.3 is 0 Å². The molecule has 2 rings (SSSR count). The van der Waals surface area contributed by atoms with Crippen LogP contribution in [0.15, 0.2) is 0 Å². The molecule has 3 atom stereocenters. The Morgan fingerprint density at radius 2 is 1.67 bits per heavy atom. The van der Waals surface area contributed by atoms with Crippen molar-refractivity contribution in [3.8, 4) is 0 Å². The molecule has 0 saturated heterocycles. The van der Waals surface area contributed by atoms with Crippen LogP contribution in [0.4, 0.5) is 0 Å². The molecular weight excluding hydrogens is 148 g/mol. The Morgan fingerprint density at radius 1 is 0.917 bits per heavy atom. The minimum atomic E-state index is 0.295. The van der Waals surface area contributed by atoms with Gasteiger partial charge in [-0.25, -0.2) is 0 Å². The fourth-order valence-corrected chi connectivity index (χ4v) is 3.08. The van der Waals surface area contributed by atoms with E-state index >= 15 is 0 Å². The summed E-state index contributed by atoms with van der Waals surface area (Å²) in [7, 11) is 0. The van der Waals surface area contributed by atoms with E-state index in [0.29, 0.717) is 11.8 Å². The Labute approximate surface area is 74.5 Å². The Morgan fingerprint density at radius 3 is 2.50 bits per heavy atom. The van der Waals surface area contributed by atoms with Gasteiger partial charge in [-0.3, -0.25) is 4.79 Å². The molecule has 1 heteroatoms. The van der Waals surface area contributed by atoms with Crippen molar-refractivity contribution in [1.82, 2.24) is 0 Å². The number of rotatable bonds is 1. The van der Waals surface area contributed by atoms with Crippen molar-refractivity contribution in [3.63, 3.8) is 0 Å². The molecule has 67 valence electrons. The van der Waals surface area contributed by atoms with Crippen LogP contribution in [0, 0.1) is 17.8 Å². The quantitative estimate of drug-likeness (QED) is 0.584. The molecule has 2 fully saturated rings. The zero-order valence-corrected chi connectivity index (χ0v) is 7.59. The average Bonchev–Trinajstić information content (AvgIpc) is 2.17. The molecule has 1 nitrogen and oxygen atoms in total. The number of carbonyl (C=O) groups excluding carboxylic acids is 1. The zero-order valence-electron chi connectivity index (χ0n) is 7.59. The maximum atomic E-state index is 10.7. The summed E-state index contributed by atoms with van der Waals surface area (Å²) < 4.78 is 0. The Bertz CT molecular complexity index is 162. The topological polar surface area (TPSA) is 17.1 Å². The van der Waals surface area contributed by atoms with Gasteiger partial charge in [0.1, 0.15) is 0 Å². The van der Waals surface area contributed by atoms with Crippen molar-refractivity contribution in [2.45, 2.75) is 44.9 Å². The van der Waals surface area contributed by atoms with E-state index in [1.54, 1.807) is 0 Å². The molecule has 12 heavy (non-hydrogen) atoms. The minimum Gasteiger partial charge on any atom is -0.291 e. The summed E-state index contributed by atoms with van der Waals surface area (Å²) in [5.41, 5.74) is 0. The van der Waals surface area contributed by atoms with Gasteiger partial charge in [-0.05, 0) is 24.7 Å². The molecule has 0 aliphatic heterocycles. The Hall–Kier alpha value is -0.330. The average molecular weight is 165 g/mol. The van der Waals surface area contributed by atoms with Gasteiger partial charge in [-0.2, -0.15) is 0 Å². The number of fused-ring (bicyclic) bond motifs is 1. The van der Waals surface area contributed by atoms with Crippen LogP contribution < -0.4 is 0 Å². The van der Waals surface area contributed by atoms with Crippen molar-refractivity contribution in [2.75, 3.05) is 0 Å². The highest BCUT2D eigenvalue weighted by atomic mass is 16.1. The normalized spacial score (nSPS) is 41.8. The molecule has 0 amide bonds.